The number of piperidine rings is 1. The Hall–Kier alpha value is -1.35. The summed E-state index contributed by atoms with van der Waals surface area (Å²) in [5.74, 6) is 0.391. The van der Waals surface area contributed by atoms with Gasteiger partial charge in [0.05, 0.1) is 0 Å². The molecular formula is C18H26N2O. The predicted molar refractivity (Wildman–Crippen MR) is 85.1 cm³/mol. The summed E-state index contributed by atoms with van der Waals surface area (Å²) in [5, 5.41) is 3.37. The molecule has 3 heteroatoms. The van der Waals surface area contributed by atoms with Crippen molar-refractivity contribution in [3.63, 3.8) is 0 Å². The standard InChI is InChI=1S/C18H26N2O/c1-18(9-11-19-12-10-18)17(21)20-13-5-8-16(20)14-15-6-3-2-4-7-15/h2-4,6-7,16,19H,5,8-14H2,1H3. The fourth-order valence-electron chi connectivity index (χ4n) is 3.74. The van der Waals surface area contributed by atoms with Crippen LogP contribution in [0.1, 0.15) is 38.2 Å². The van der Waals surface area contributed by atoms with E-state index in [0.717, 1.165) is 51.7 Å². The summed E-state index contributed by atoms with van der Waals surface area (Å²) in [6.45, 7) is 5.05. The van der Waals surface area contributed by atoms with Crippen LogP contribution in [0.4, 0.5) is 0 Å². The molecule has 2 saturated heterocycles. The van der Waals surface area contributed by atoms with Gasteiger partial charge in [-0.2, -0.15) is 0 Å². The molecule has 114 valence electrons. The molecular weight excluding hydrogens is 260 g/mol. The number of likely N-dealkylation sites (tertiary alicyclic amines) is 1. The summed E-state index contributed by atoms with van der Waals surface area (Å²) < 4.78 is 0. The van der Waals surface area contributed by atoms with Crippen molar-refractivity contribution in [2.24, 2.45) is 5.41 Å². The zero-order chi connectivity index (χ0) is 14.7. The number of benzene rings is 1. The second-order valence-corrected chi connectivity index (χ2v) is 6.79. The molecule has 0 aromatic heterocycles. The van der Waals surface area contributed by atoms with E-state index in [1.807, 2.05) is 0 Å². The highest BCUT2D eigenvalue weighted by atomic mass is 16.2. The van der Waals surface area contributed by atoms with E-state index >= 15 is 0 Å². The minimum atomic E-state index is -0.148. The van der Waals surface area contributed by atoms with Gasteiger partial charge in [0.25, 0.3) is 0 Å². The van der Waals surface area contributed by atoms with Gasteiger partial charge in [0.15, 0.2) is 0 Å². The number of amides is 1. The molecule has 3 nitrogen and oxygen atoms in total. The fourth-order valence-corrected chi connectivity index (χ4v) is 3.74. The first kappa shape index (κ1) is 14.6. The van der Waals surface area contributed by atoms with Gasteiger partial charge >= 0.3 is 0 Å². The molecule has 2 fully saturated rings. The minimum Gasteiger partial charge on any atom is -0.339 e. The van der Waals surface area contributed by atoms with Crippen LogP contribution in [-0.4, -0.2) is 36.5 Å². The minimum absolute atomic E-state index is 0.148. The van der Waals surface area contributed by atoms with Gasteiger partial charge in [0.2, 0.25) is 5.91 Å². The lowest BCUT2D eigenvalue weighted by Gasteiger charge is -2.38. The van der Waals surface area contributed by atoms with E-state index in [4.69, 9.17) is 0 Å². The Bertz CT molecular complexity index is 479. The molecule has 0 aliphatic carbocycles. The molecule has 0 saturated carbocycles. The summed E-state index contributed by atoms with van der Waals surface area (Å²) in [5.41, 5.74) is 1.20. The molecule has 2 heterocycles. The first-order valence-electron chi connectivity index (χ1n) is 8.25. The van der Waals surface area contributed by atoms with Crippen molar-refractivity contribution in [2.45, 2.75) is 45.1 Å². The molecule has 0 spiro atoms. The molecule has 1 unspecified atom stereocenters. The average molecular weight is 286 g/mol. The normalized spacial score (nSPS) is 25.0. The Morgan fingerprint density at radius 3 is 2.71 bits per heavy atom. The van der Waals surface area contributed by atoms with E-state index in [0.29, 0.717) is 11.9 Å². The predicted octanol–water partition coefficient (Wildman–Crippen LogP) is 2.61. The highest BCUT2D eigenvalue weighted by Gasteiger charge is 2.41. The Morgan fingerprint density at radius 1 is 1.29 bits per heavy atom. The third-order valence-electron chi connectivity index (χ3n) is 5.18. The van der Waals surface area contributed by atoms with Gasteiger partial charge in [0, 0.05) is 18.0 Å². The second-order valence-electron chi connectivity index (χ2n) is 6.79. The molecule has 2 aliphatic rings. The van der Waals surface area contributed by atoms with Gasteiger partial charge < -0.3 is 10.2 Å². The Labute approximate surface area is 127 Å². The van der Waals surface area contributed by atoms with Gasteiger partial charge in [-0.25, -0.2) is 0 Å². The first-order valence-corrected chi connectivity index (χ1v) is 8.25. The van der Waals surface area contributed by atoms with Gasteiger partial charge in [-0.1, -0.05) is 37.3 Å². The zero-order valence-electron chi connectivity index (χ0n) is 13.0. The molecule has 3 rings (SSSR count). The van der Waals surface area contributed by atoms with Crippen LogP contribution in [0.15, 0.2) is 30.3 Å². The highest BCUT2D eigenvalue weighted by Crippen LogP contribution is 2.34. The van der Waals surface area contributed by atoms with Gasteiger partial charge in [-0.3, -0.25) is 4.79 Å². The number of hydrogen-bond donors (Lipinski definition) is 1. The van der Waals surface area contributed by atoms with Crippen molar-refractivity contribution in [3.8, 4) is 0 Å². The van der Waals surface area contributed by atoms with E-state index < -0.39 is 0 Å². The summed E-state index contributed by atoms with van der Waals surface area (Å²) in [6.07, 6.45) is 5.24. The molecule has 1 N–H and O–H groups in total. The average Bonchev–Trinajstić information content (AvgIpc) is 2.96. The smallest absolute Gasteiger partial charge is 0.228 e. The molecule has 1 amide bonds. The van der Waals surface area contributed by atoms with Gasteiger partial charge in [0.1, 0.15) is 0 Å². The summed E-state index contributed by atoms with van der Waals surface area (Å²) >= 11 is 0. The van der Waals surface area contributed by atoms with Crippen LogP contribution in [-0.2, 0) is 11.2 Å². The molecule has 1 aromatic carbocycles. The van der Waals surface area contributed by atoms with Crippen molar-refractivity contribution in [3.05, 3.63) is 35.9 Å². The van der Waals surface area contributed by atoms with Crippen LogP contribution in [0.25, 0.3) is 0 Å². The van der Waals surface area contributed by atoms with Crippen LogP contribution in [0, 0.1) is 5.41 Å². The van der Waals surface area contributed by atoms with Crippen molar-refractivity contribution in [2.75, 3.05) is 19.6 Å². The van der Waals surface area contributed by atoms with Crippen LogP contribution >= 0.6 is 0 Å². The topological polar surface area (TPSA) is 32.3 Å². The van der Waals surface area contributed by atoms with Gasteiger partial charge in [-0.15, -0.1) is 0 Å². The molecule has 0 bridgehead atoms. The Kier molecular flexibility index (Phi) is 4.29. The number of carbonyl (C=O) groups excluding carboxylic acids is 1. The third kappa shape index (κ3) is 3.13. The maximum absolute atomic E-state index is 13.0. The summed E-state index contributed by atoms with van der Waals surface area (Å²) in [6, 6.07) is 11.0. The van der Waals surface area contributed by atoms with Crippen molar-refractivity contribution >= 4 is 5.91 Å². The molecule has 2 aliphatic heterocycles. The molecule has 21 heavy (non-hydrogen) atoms. The summed E-state index contributed by atoms with van der Waals surface area (Å²) in [4.78, 5) is 15.2. The molecule has 0 radical (unpaired) electrons. The fraction of sp³-hybridized carbons (Fsp3) is 0.611. The number of rotatable bonds is 3. The lowest BCUT2D eigenvalue weighted by Crippen LogP contribution is -2.49. The lowest BCUT2D eigenvalue weighted by molar-refractivity contribution is -0.143. The summed E-state index contributed by atoms with van der Waals surface area (Å²) in [7, 11) is 0. The zero-order valence-corrected chi connectivity index (χ0v) is 13.0. The van der Waals surface area contributed by atoms with Crippen LogP contribution in [0.2, 0.25) is 0 Å². The van der Waals surface area contributed by atoms with Crippen molar-refractivity contribution in [1.29, 1.82) is 0 Å². The van der Waals surface area contributed by atoms with Crippen LogP contribution in [0.5, 0.6) is 0 Å². The maximum atomic E-state index is 13.0. The monoisotopic (exact) mass is 286 g/mol. The van der Waals surface area contributed by atoms with Crippen molar-refractivity contribution in [1.82, 2.24) is 10.2 Å². The maximum Gasteiger partial charge on any atom is 0.228 e. The lowest BCUT2D eigenvalue weighted by atomic mass is 9.79. The van der Waals surface area contributed by atoms with E-state index in [1.165, 1.54) is 5.56 Å². The number of carbonyl (C=O) groups is 1. The molecule has 1 aromatic rings. The van der Waals surface area contributed by atoms with E-state index in [9.17, 15) is 4.79 Å². The SMILES string of the molecule is CC1(C(=O)N2CCCC2Cc2ccccc2)CCNCC1. The second kappa shape index (κ2) is 6.18. The Morgan fingerprint density at radius 2 is 2.00 bits per heavy atom. The van der Waals surface area contributed by atoms with Crippen molar-refractivity contribution < 1.29 is 4.79 Å². The number of nitrogens with zero attached hydrogens (tertiary/aromatic N) is 1. The van der Waals surface area contributed by atoms with Gasteiger partial charge in [-0.05, 0) is 50.8 Å². The number of nitrogens with one attached hydrogen (secondary N) is 1. The molecule has 1 atom stereocenters. The third-order valence-corrected chi connectivity index (χ3v) is 5.18. The number of hydrogen-bond acceptors (Lipinski definition) is 2. The van der Waals surface area contributed by atoms with E-state index in [1.54, 1.807) is 0 Å². The van der Waals surface area contributed by atoms with E-state index in [2.05, 4.69) is 47.5 Å². The quantitative estimate of drug-likeness (QED) is 0.926. The largest absolute Gasteiger partial charge is 0.339 e. The first-order chi connectivity index (χ1) is 10.2. The van der Waals surface area contributed by atoms with Crippen LogP contribution < -0.4 is 5.32 Å². The Balaban J connectivity index is 1.70. The van der Waals surface area contributed by atoms with E-state index in [-0.39, 0.29) is 5.41 Å². The van der Waals surface area contributed by atoms with Crippen LogP contribution in [0.3, 0.4) is 0 Å². The highest BCUT2D eigenvalue weighted by molar-refractivity contribution is 5.83.